The average molecular weight is 1810 g/mol. The minimum absolute atomic E-state index is 0.0129. The summed E-state index contributed by atoms with van der Waals surface area (Å²) in [6, 6.07) is 22.0. The van der Waals surface area contributed by atoms with Crippen LogP contribution >= 0.6 is 15.9 Å². The van der Waals surface area contributed by atoms with E-state index in [9.17, 15) is 28.8 Å². The highest BCUT2D eigenvalue weighted by Crippen LogP contribution is 2.36. The van der Waals surface area contributed by atoms with Gasteiger partial charge in [-0.2, -0.15) is 0 Å². The number of aliphatic hydroxyl groups is 2. The van der Waals surface area contributed by atoms with E-state index in [0.717, 1.165) is 75.6 Å². The molecule has 2 N–H and O–H groups in total. The van der Waals surface area contributed by atoms with Gasteiger partial charge in [-0.1, -0.05) is 196 Å². The molecule has 0 aromatic heterocycles. The number of rotatable bonds is 74. The first-order chi connectivity index (χ1) is 58.8. The van der Waals surface area contributed by atoms with Crippen LogP contribution in [0.25, 0.3) is 0 Å². The summed E-state index contributed by atoms with van der Waals surface area (Å²) < 4.78 is 92.3. The van der Waals surface area contributed by atoms with Crippen molar-refractivity contribution in [2.75, 3.05) is 200 Å². The van der Waals surface area contributed by atoms with Gasteiger partial charge >= 0.3 is 35.8 Å². The lowest BCUT2D eigenvalue weighted by molar-refractivity contribution is -0.170. The Bertz CT molecular complexity index is 2690. The number of alkyl halides is 1. The summed E-state index contributed by atoms with van der Waals surface area (Å²) in [6.07, 6.45) is 23.7. The standard InChI is InChI=1S/C27H40O3.C19H40O3.C19H36O3.C16H29BrO6.C14H22O11/c1-3-4-7-16-26(24-12-8-5-9-13-24)23-27(25-14-10-6-11-15-25)17-18-29-21-22-30-20-19-28-2;2*1-6-17(4)15-19(8-3)16-18(7-2)9-10-21-13-14-22-12-11-20-5;1-5-6-7-22-14(18)13(17)12-16(2,3)15(19)23-11-10-21-9-8-20-4;1-9(24-11(17)7-15)13(19)22-5-3-21-4-6-23-14(20)10(2)25-12(18)8-16/h5-6,8-15,26-27H,3-4,7,16-23H2,1-2H3;17-19H,6-16H2,1-5H3;7-8,17-19H,2-3,6,9-16H2,1,4-5H3;13H,5-12H2,1-4H3;9-10,15-16H,3-8H2,1-2H3. The molecule has 0 heterocycles. The number of ether oxygens (including phenoxy) is 18. The van der Waals surface area contributed by atoms with Gasteiger partial charge in [0.2, 0.25) is 0 Å². The van der Waals surface area contributed by atoms with Crippen molar-refractivity contribution in [1.82, 2.24) is 0 Å². The molecule has 0 aliphatic rings. The topological polar surface area (TPSA) is 309 Å². The molecule has 0 radical (unpaired) electrons. The van der Waals surface area contributed by atoms with E-state index in [4.69, 9.17) is 86.0 Å². The number of hydrogen-bond acceptors (Lipinski definition) is 26. The van der Waals surface area contributed by atoms with Crippen molar-refractivity contribution >= 4 is 51.7 Å². The molecule has 0 saturated carbocycles. The van der Waals surface area contributed by atoms with Gasteiger partial charge in [-0.3, -0.25) is 9.59 Å². The molecular formula is C95H167BrO26. The van der Waals surface area contributed by atoms with Crippen LogP contribution in [0.4, 0.5) is 0 Å². The van der Waals surface area contributed by atoms with Crippen LogP contribution in [0.2, 0.25) is 0 Å². The summed E-state index contributed by atoms with van der Waals surface area (Å²) in [7, 11) is 6.65. The van der Waals surface area contributed by atoms with Crippen molar-refractivity contribution < 1.29 is 124 Å². The Hall–Kier alpha value is -5.34. The highest BCUT2D eigenvalue weighted by atomic mass is 79.9. The van der Waals surface area contributed by atoms with E-state index < -0.39 is 59.5 Å². The lowest BCUT2D eigenvalue weighted by atomic mass is 9.81. The molecule has 710 valence electrons. The van der Waals surface area contributed by atoms with Crippen molar-refractivity contribution in [2.24, 2.45) is 40.9 Å². The minimum Gasteiger partial charge on any atom is -0.465 e. The van der Waals surface area contributed by atoms with Crippen LogP contribution in [0.3, 0.4) is 0 Å². The van der Waals surface area contributed by atoms with Gasteiger partial charge in [0.1, 0.15) is 37.9 Å². The summed E-state index contributed by atoms with van der Waals surface area (Å²) in [5.74, 6) is 1.32. The minimum atomic E-state index is -1.15. The maximum absolute atomic E-state index is 12.1. The van der Waals surface area contributed by atoms with Gasteiger partial charge in [-0.15, -0.1) is 13.2 Å². The van der Waals surface area contributed by atoms with E-state index in [1.54, 1.807) is 42.3 Å². The third-order valence-electron chi connectivity index (χ3n) is 20.1. The Morgan fingerprint density at radius 2 is 0.754 bits per heavy atom. The zero-order valence-corrected chi connectivity index (χ0v) is 79.7. The average Bonchev–Trinajstić information content (AvgIpc) is 0.862. The van der Waals surface area contributed by atoms with Gasteiger partial charge in [-0.25, -0.2) is 19.2 Å². The maximum Gasteiger partial charge on any atom is 0.347 e. The van der Waals surface area contributed by atoms with Crippen molar-refractivity contribution in [3.8, 4) is 0 Å². The predicted octanol–water partition coefficient (Wildman–Crippen LogP) is 16.7. The van der Waals surface area contributed by atoms with E-state index in [1.807, 2.05) is 6.92 Å². The zero-order valence-electron chi connectivity index (χ0n) is 78.1. The zero-order chi connectivity index (χ0) is 91.5. The fourth-order valence-corrected chi connectivity index (χ4v) is 13.1. The number of carbonyl (C=O) groups excluding carboxylic acids is 6. The first-order valence-corrected chi connectivity index (χ1v) is 45.6. The molecule has 0 aliphatic heterocycles. The van der Waals surface area contributed by atoms with E-state index in [2.05, 4.69) is 160 Å². The Morgan fingerprint density at radius 1 is 0.385 bits per heavy atom. The normalized spacial score (nSPS) is 13.8. The van der Waals surface area contributed by atoms with Gasteiger partial charge in [0.15, 0.2) is 12.2 Å². The Kier molecular flexibility index (Phi) is 85.6. The molecule has 2 aromatic rings. The SMILES string of the molecule is C=CC(CCOCCOCCOC)CC(C=C)CC(C)CC.CC(OC(=O)CO)C(=O)OCCOCCOC(=O)C(C)OC(=O)CO.CCC(C)CC(CC)CC(CC)CCOCCOCCOC.CCCCCC(CC(CCOCCOCCOC)c1ccccc1)c1ccccc1.CCCCOC(=O)C(Br)CC(C)(C)C(=O)OCCOCCOC. The molecule has 122 heavy (non-hydrogen) atoms. The molecule has 0 saturated heterocycles. The molecule has 0 spiro atoms. The smallest absolute Gasteiger partial charge is 0.347 e. The number of aliphatic hydroxyl groups excluding tert-OH is 2. The predicted molar refractivity (Wildman–Crippen MR) is 482 cm³/mol. The summed E-state index contributed by atoms with van der Waals surface area (Å²) in [5.41, 5.74) is 2.11. The van der Waals surface area contributed by atoms with Crippen molar-refractivity contribution in [3.05, 3.63) is 97.1 Å². The molecular weight excluding hydrogens is 1640 g/mol. The Labute approximate surface area is 744 Å². The van der Waals surface area contributed by atoms with Crippen LogP contribution in [0.1, 0.15) is 228 Å². The van der Waals surface area contributed by atoms with Crippen LogP contribution in [0, 0.1) is 40.9 Å². The number of halogens is 1. The van der Waals surface area contributed by atoms with Crippen LogP contribution in [-0.2, 0) is 114 Å². The number of benzene rings is 2. The number of methoxy groups -OCH3 is 4. The number of allylic oxidation sites excluding steroid dienone is 2. The van der Waals surface area contributed by atoms with Crippen LogP contribution in [-0.4, -0.2) is 263 Å². The second-order valence-corrected chi connectivity index (χ2v) is 31.9. The first kappa shape index (κ1) is 121. The molecule has 0 fully saturated rings. The maximum atomic E-state index is 12.1. The molecule has 0 aliphatic carbocycles. The van der Waals surface area contributed by atoms with Crippen molar-refractivity contribution in [3.63, 3.8) is 0 Å². The molecule has 26 nitrogen and oxygen atoms in total. The van der Waals surface area contributed by atoms with E-state index in [0.29, 0.717) is 136 Å². The number of esters is 6. The van der Waals surface area contributed by atoms with Crippen LogP contribution < -0.4 is 0 Å². The third-order valence-corrected chi connectivity index (χ3v) is 20.8. The quantitative estimate of drug-likeness (QED) is 0.0204. The van der Waals surface area contributed by atoms with E-state index >= 15 is 0 Å². The number of unbranched alkanes of at least 4 members (excludes halogenated alkanes) is 3. The van der Waals surface area contributed by atoms with Crippen molar-refractivity contribution in [1.29, 1.82) is 0 Å². The number of carbonyl (C=O) groups is 6. The molecule has 2 rings (SSSR count). The Morgan fingerprint density at radius 3 is 1.15 bits per heavy atom. The summed E-state index contributed by atoms with van der Waals surface area (Å²) in [6.45, 7) is 42.4. The van der Waals surface area contributed by atoms with E-state index in [1.165, 1.54) is 108 Å². The fraction of sp³-hybridized carbons (Fsp3) is 0.768. The van der Waals surface area contributed by atoms with Gasteiger partial charge < -0.3 is 95.5 Å². The monoisotopic (exact) mass is 1800 g/mol. The lowest BCUT2D eigenvalue weighted by Crippen LogP contribution is -2.33. The highest BCUT2D eigenvalue weighted by Gasteiger charge is 2.35. The van der Waals surface area contributed by atoms with Crippen LogP contribution in [0.5, 0.6) is 0 Å². The summed E-state index contributed by atoms with van der Waals surface area (Å²) in [5, 5.41) is 16.9. The fourth-order valence-electron chi connectivity index (χ4n) is 12.2. The number of hydrogen-bond donors (Lipinski definition) is 2. The van der Waals surface area contributed by atoms with Gasteiger partial charge in [0.25, 0.3) is 0 Å². The second kappa shape index (κ2) is 86.4. The molecule has 11 atom stereocenters. The molecule has 2 aromatic carbocycles. The first-order valence-electron chi connectivity index (χ1n) is 44.7. The molecule has 11 unspecified atom stereocenters. The van der Waals surface area contributed by atoms with Crippen molar-refractivity contribution in [2.45, 2.75) is 234 Å². The highest BCUT2D eigenvalue weighted by molar-refractivity contribution is 9.10. The lowest BCUT2D eigenvalue weighted by Gasteiger charge is -2.25. The molecule has 27 heteroatoms. The Balaban J connectivity index is -0.00000146. The summed E-state index contributed by atoms with van der Waals surface area (Å²) >= 11 is 3.29. The van der Waals surface area contributed by atoms with E-state index in [-0.39, 0.29) is 45.0 Å². The largest absolute Gasteiger partial charge is 0.465 e. The van der Waals surface area contributed by atoms with Gasteiger partial charge in [0.05, 0.1) is 124 Å². The second-order valence-electron chi connectivity index (χ2n) is 30.8. The van der Waals surface area contributed by atoms with Gasteiger partial charge in [0, 0.05) is 48.3 Å². The third kappa shape index (κ3) is 71.8. The van der Waals surface area contributed by atoms with Gasteiger partial charge in [-0.05, 0) is 157 Å². The molecule has 0 bridgehead atoms. The summed E-state index contributed by atoms with van der Waals surface area (Å²) in [4.78, 5) is 67.7. The van der Waals surface area contributed by atoms with Crippen LogP contribution in [0.15, 0.2) is 86.0 Å². The molecule has 0 amide bonds.